The molecule has 0 radical (unpaired) electrons. The van der Waals surface area contributed by atoms with E-state index in [4.69, 9.17) is 27.9 Å². The van der Waals surface area contributed by atoms with Gasteiger partial charge in [0.05, 0.1) is 23.3 Å². The molecule has 0 atom stereocenters. The molecule has 0 unspecified atom stereocenters. The van der Waals surface area contributed by atoms with E-state index in [2.05, 4.69) is 21.7 Å². The van der Waals surface area contributed by atoms with Crippen LogP contribution in [0.2, 0.25) is 10.0 Å². The Balaban J connectivity index is 1.56. The molecular weight excluding hydrogens is 407 g/mol. The number of hydrogen-bond acceptors (Lipinski definition) is 3. The van der Waals surface area contributed by atoms with Crippen molar-refractivity contribution in [2.45, 2.75) is 26.0 Å². The fraction of sp³-hybridized carbons (Fsp3) is 0.217. The fourth-order valence-electron chi connectivity index (χ4n) is 3.65. The van der Waals surface area contributed by atoms with Crippen molar-refractivity contribution in [1.82, 2.24) is 9.55 Å². The predicted molar refractivity (Wildman–Crippen MR) is 115 cm³/mol. The first-order valence-electron chi connectivity index (χ1n) is 9.56. The van der Waals surface area contributed by atoms with Crippen molar-refractivity contribution in [3.8, 4) is 0 Å². The van der Waals surface area contributed by atoms with Crippen LogP contribution in [0.4, 0.5) is 0 Å². The smallest absolute Gasteiger partial charge is 0.309 e. The van der Waals surface area contributed by atoms with Gasteiger partial charge in [0, 0.05) is 32.9 Å². The molecule has 146 valence electrons. The third kappa shape index (κ3) is 3.59. The van der Waals surface area contributed by atoms with Crippen LogP contribution in [0.25, 0.3) is 21.8 Å². The van der Waals surface area contributed by atoms with E-state index in [0.717, 1.165) is 45.9 Å². The summed E-state index contributed by atoms with van der Waals surface area (Å²) in [4.78, 5) is 16.4. The number of benzene rings is 2. The van der Waals surface area contributed by atoms with Gasteiger partial charge in [-0.1, -0.05) is 41.4 Å². The van der Waals surface area contributed by atoms with Crippen molar-refractivity contribution in [1.29, 1.82) is 0 Å². The summed E-state index contributed by atoms with van der Waals surface area (Å²) in [6, 6.07) is 15.7. The molecule has 6 heteroatoms. The Kier molecular flexibility index (Phi) is 4.69. The number of hydrogen-bond donors (Lipinski definition) is 0. The molecule has 1 fully saturated rings. The fourth-order valence-corrected chi connectivity index (χ4v) is 4.03. The normalized spacial score (nSPS) is 13.9. The number of nitrogens with zero attached hydrogens (tertiary/aromatic N) is 2. The molecule has 0 bridgehead atoms. The molecule has 2 aromatic heterocycles. The van der Waals surface area contributed by atoms with Crippen molar-refractivity contribution in [3.63, 3.8) is 0 Å². The largest absolute Gasteiger partial charge is 0.459 e. The first-order chi connectivity index (χ1) is 14.1. The molecule has 0 spiro atoms. The Morgan fingerprint density at radius 1 is 1.07 bits per heavy atom. The van der Waals surface area contributed by atoms with Crippen molar-refractivity contribution >= 4 is 51.0 Å². The standard InChI is InChI=1S/C23H18Cl2N2O2/c24-16-7-8-20(25)15(9-16)12-27-21-4-2-1-3-18(21)19-10-17(26-11-22(19)27)13-29-23(28)14-5-6-14/h1-4,7-11,14H,5-6,12-13H2. The molecule has 1 aliphatic rings. The Labute approximate surface area is 178 Å². The molecule has 0 N–H and O–H groups in total. The number of carbonyl (C=O) groups is 1. The molecule has 0 aliphatic heterocycles. The van der Waals surface area contributed by atoms with Crippen LogP contribution < -0.4 is 0 Å². The highest BCUT2D eigenvalue weighted by atomic mass is 35.5. The second kappa shape index (κ2) is 7.36. The first kappa shape index (κ1) is 18.5. The lowest BCUT2D eigenvalue weighted by Gasteiger charge is -2.10. The molecular formula is C23H18Cl2N2O2. The summed E-state index contributed by atoms with van der Waals surface area (Å²) in [5.41, 5.74) is 3.78. The van der Waals surface area contributed by atoms with Crippen LogP contribution in [0.15, 0.2) is 54.7 Å². The maximum absolute atomic E-state index is 11.8. The lowest BCUT2D eigenvalue weighted by atomic mass is 10.2. The number of aromatic nitrogens is 2. The average Bonchev–Trinajstić information content (AvgIpc) is 3.54. The van der Waals surface area contributed by atoms with Crippen molar-refractivity contribution in [3.05, 3.63) is 76.0 Å². The molecule has 29 heavy (non-hydrogen) atoms. The van der Waals surface area contributed by atoms with Gasteiger partial charge < -0.3 is 9.30 Å². The van der Waals surface area contributed by atoms with Gasteiger partial charge in [0.25, 0.3) is 0 Å². The third-order valence-corrected chi connectivity index (χ3v) is 5.93. The van der Waals surface area contributed by atoms with Gasteiger partial charge in [0.1, 0.15) is 6.61 Å². The Morgan fingerprint density at radius 3 is 2.72 bits per heavy atom. The maximum atomic E-state index is 11.8. The zero-order valence-corrected chi connectivity index (χ0v) is 17.1. The van der Waals surface area contributed by atoms with Gasteiger partial charge in [0.15, 0.2) is 0 Å². The van der Waals surface area contributed by atoms with Crippen molar-refractivity contribution in [2.24, 2.45) is 5.92 Å². The predicted octanol–water partition coefficient (Wildman–Crippen LogP) is 6.00. The minimum atomic E-state index is -0.120. The van der Waals surface area contributed by atoms with E-state index in [9.17, 15) is 4.79 Å². The van der Waals surface area contributed by atoms with Crippen LogP contribution in [0.5, 0.6) is 0 Å². The van der Waals surface area contributed by atoms with Crippen LogP contribution >= 0.6 is 23.2 Å². The monoisotopic (exact) mass is 424 g/mol. The van der Waals surface area contributed by atoms with Gasteiger partial charge in [-0.3, -0.25) is 9.78 Å². The van der Waals surface area contributed by atoms with Gasteiger partial charge in [-0.05, 0) is 48.7 Å². The van der Waals surface area contributed by atoms with Gasteiger partial charge in [-0.2, -0.15) is 0 Å². The number of carbonyl (C=O) groups excluding carboxylic acids is 1. The second-order valence-corrected chi connectivity index (χ2v) is 8.26. The zero-order chi connectivity index (χ0) is 20.0. The highest BCUT2D eigenvalue weighted by Gasteiger charge is 2.31. The van der Waals surface area contributed by atoms with E-state index >= 15 is 0 Å². The molecule has 0 amide bonds. The molecule has 0 saturated heterocycles. The van der Waals surface area contributed by atoms with Crippen molar-refractivity contribution < 1.29 is 9.53 Å². The number of ether oxygens (including phenoxy) is 1. The molecule has 2 heterocycles. The molecule has 5 rings (SSSR count). The highest BCUT2D eigenvalue weighted by molar-refractivity contribution is 6.33. The topological polar surface area (TPSA) is 44.1 Å². The number of pyridine rings is 1. The van der Waals surface area contributed by atoms with Crippen LogP contribution in [0, 0.1) is 5.92 Å². The van der Waals surface area contributed by atoms with Gasteiger partial charge in [0.2, 0.25) is 0 Å². The SMILES string of the molecule is O=C(OCc1cc2c3ccccc3n(Cc3cc(Cl)ccc3Cl)c2cn1)C1CC1. The molecule has 4 aromatic rings. The Hall–Kier alpha value is -2.56. The summed E-state index contributed by atoms with van der Waals surface area (Å²) in [5.74, 6) is -0.0342. The van der Waals surface area contributed by atoms with E-state index in [0.29, 0.717) is 16.6 Å². The highest BCUT2D eigenvalue weighted by Crippen LogP contribution is 2.32. The summed E-state index contributed by atoms with van der Waals surface area (Å²) in [6.45, 7) is 0.784. The number of esters is 1. The van der Waals surface area contributed by atoms with Crippen LogP contribution in [-0.2, 0) is 22.7 Å². The van der Waals surface area contributed by atoms with Gasteiger partial charge >= 0.3 is 5.97 Å². The zero-order valence-electron chi connectivity index (χ0n) is 15.6. The van der Waals surface area contributed by atoms with E-state index in [1.165, 1.54) is 0 Å². The maximum Gasteiger partial charge on any atom is 0.309 e. The molecule has 2 aromatic carbocycles. The van der Waals surface area contributed by atoms with Gasteiger partial charge in [-0.15, -0.1) is 0 Å². The number of rotatable bonds is 5. The summed E-state index contributed by atoms with van der Waals surface area (Å²) in [5, 5.41) is 3.53. The lowest BCUT2D eigenvalue weighted by molar-refractivity contribution is -0.146. The summed E-state index contributed by atoms with van der Waals surface area (Å²) in [6.07, 6.45) is 3.71. The lowest BCUT2D eigenvalue weighted by Crippen LogP contribution is -2.07. The van der Waals surface area contributed by atoms with Crippen LogP contribution in [0.3, 0.4) is 0 Å². The Morgan fingerprint density at radius 2 is 1.90 bits per heavy atom. The van der Waals surface area contributed by atoms with E-state index < -0.39 is 0 Å². The van der Waals surface area contributed by atoms with E-state index in [1.54, 1.807) is 6.07 Å². The molecule has 1 aliphatic carbocycles. The summed E-state index contributed by atoms with van der Waals surface area (Å²) >= 11 is 12.6. The second-order valence-electron chi connectivity index (χ2n) is 7.41. The average molecular weight is 425 g/mol. The minimum Gasteiger partial charge on any atom is -0.459 e. The Bertz CT molecular complexity index is 1240. The van der Waals surface area contributed by atoms with Gasteiger partial charge in [-0.25, -0.2) is 0 Å². The first-order valence-corrected chi connectivity index (χ1v) is 10.3. The van der Waals surface area contributed by atoms with E-state index in [1.807, 2.05) is 36.5 Å². The number of para-hydroxylation sites is 1. The quantitative estimate of drug-likeness (QED) is 0.369. The van der Waals surface area contributed by atoms with Crippen molar-refractivity contribution in [2.75, 3.05) is 0 Å². The van der Waals surface area contributed by atoms with E-state index in [-0.39, 0.29) is 18.5 Å². The van der Waals surface area contributed by atoms with Crippen LogP contribution in [-0.4, -0.2) is 15.5 Å². The minimum absolute atomic E-state index is 0.0862. The van der Waals surface area contributed by atoms with Crippen LogP contribution in [0.1, 0.15) is 24.1 Å². The number of fused-ring (bicyclic) bond motifs is 3. The molecule has 4 nitrogen and oxygen atoms in total. The number of halogens is 2. The third-order valence-electron chi connectivity index (χ3n) is 5.32. The summed E-state index contributed by atoms with van der Waals surface area (Å²) in [7, 11) is 0. The molecule has 1 saturated carbocycles. The summed E-state index contributed by atoms with van der Waals surface area (Å²) < 4.78 is 7.59.